The quantitative estimate of drug-likeness (QED) is 0.803. The van der Waals surface area contributed by atoms with Crippen LogP contribution in [-0.2, 0) is 6.42 Å². The predicted octanol–water partition coefficient (Wildman–Crippen LogP) is 3.29. The normalized spacial score (nSPS) is 10.4. The van der Waals surface area contributed by atoms with E-state index in [1.165, 1.54) is 5.56 Å². The number of aromatic nitrogens is 2. The van der Waals surface area contributed by atoms with Gasteiger partial charge in [0.25, 0.3) is 0 Å². The number of rotatable bonds is 2. The number of aryl methyl sites for hydroxylation is 1. The summed E-state index contributed by atoms with van der Waals surface area (Å²) in [6.45, 7) is 2.14. The molecule has 1 aromatic carbocycles. The number of H-pyrrole nitrogens is 1. The molecule has 72 valence electrons. The third kappa shape index (κ3) is 1.80. The Kier molecular flexibility index (Phi) is 2.55. The zero-order valence-corrected chi connectivity index (χ0v) is 8.67. The van der Waals surface area contributed by atoms with Crippen LogP contribution in [0.25, 0.3) is 11.3 Å². The van der Waals surface area contributed by atoms with Crippen molar-refractivity contribution in [2.24, 2.45) is 0 Å². The van der Waals surface area contributed by atoms with Crippen molar-refractivity contribution in [3.8, 4) is 11.3 Å². The van der Waals surface area contributed by atoms with Gasteiger partial charge in [0.15, 0.2) is 0 Å². The van der Waals surface area contributed by atoms with Crippen LogP contribution in [0.1, 0.15) is 12.5 Å². The molecule has 1 aromatic heterocycles. The largest absolute Gasteiger partial charge is 0.267 e. The lowest BCUT2D eigenvalue weighted by Gasteiger charge is -1.98. The Labute approximate surface area is 87.9 Å². The molecule has 2 aromatic rings. The highest BCUT2D eigenvalue weighted by molar-refractivity contribution is 6.29. The molecule has 0 aliphatic rings. The molecule has 0 unspecified atom stereocenters. The Hall–Kier alpha value is -1.28. The summed E-state index contributed by atoms with van der Waals surface area (Å²) in [5.74, 6) is 0. The van der Waals surface area contributed by atoms with E-state index in [4.69, 9.17) is 11.6 Å². The lowest BCUT2D eigenvalue weighted by Crippen LogP contribution is -1.81. The van der Waals surface area contributed by atoms with E-state index in [2.05, 4.69) is 41.4 Å². The van der Waals surface area contributed by atoms with Gasteiger partial charge in [0, 0.05) is 11.6 Å². The fourth-order valence-corrected chi connectivity index (χ4v) is 1.50. The monoisotopic (exact) mass is 206 g/mol. The van der Waals surface area contributed by atoms with E-state index in [0.717, 1.165) is 17.7 Å². The minimum absolute atomic E-state index is 0.569. The average Bonchev–Trinajstić information content (AvgIpc) is 2.65. The zero-order chi connectivity index (χ0) is 9.97. The molecule has 3 heteroatoms. The molecule has 0 amide bonds. The minimum atomic E-state index is 0.569. The van der Waals surface area contributed by atoms with E-state index in [9.17, 15) is 0 Å². The number of aromatic amines is 1. The van der Waals surface area contributed by atoms with Crippen LogP contribution in [0.2, 0.25) is 5.15 Å². The minimum Gasteiger partial charge on any atom is -0.267 e. The number of nitrogens with zero attached hydrogens (tertiary/aromatic N) is 1. The smallest absolute Gasteiger partial charge is 0.124 e. The van der Waals surface area contributed by atoms with Crippen LogP contribution in [0.3, 0.4) is 0 Å². The van der Waals surface area contributed by atoms with Crippen LogP contribution in [0, 0.1) is 0 Å². The van der Waals surface area contributed by atoms with Gasteiger partial charge in [0.05, 0.1) is 5.69 Å². The third-order valence-electron chi connectivity index (χ3n) is 2.20. The second-order valence-corrected chi connectivity index (χ2v) is 3.56. The van der Waals surface area contributed by atoms with Gasteiger partial charge in [-0.1, -0.05) is 42.8 Å². The maximum Gasteiger partial charge on any atom is 0.124 e. The standard InChI is InChI=1S/C11H11ClN2/c1-2-8-3-5-9(6-4-8)10-7-11(12)14-13-10/h3-7H,2H2,1H3,(H,13,14). The van der Waals surface area contributed by atoms with Gasteiger partial charge < -0.3 is 0 Å². The first-order valence-corrected chi connectivity index (χ1v) is 4.97. The lowest BCUT2D eigenvalue weighted by molar-refractivity contribution is 1.09. The number of nitrogens with one attached hydrogen (secondary N) is 1. The Balaban J connectivity index is 2.33. The number of benzene rings is 1. The topological polar surface area (TPSA) is 28.7 Å². The molecule has 0 saturated carbocycles. The summed E-state index contributed by atoms with van der Waals surface area (Å²) < 4.78 is 0. The summed E-state index contributed by atoms with van der Waals surface area (Å²) in [6, 6.07) is 10.2. The van der Waals surface area contributed by atoms with Gasteiger partial charge in [-0.25, -0.2) is 0 Å². The van der Waals surface area contributed by atoms with Gasteiger partial charge in [-0.3, -0.25) is 5.10 Å². The van der Waals surface area contributed by atoms with Crippen molar-refractivity contribution in [3.63, 3.8) is 0 Å². The molecular formula is C11H11ClN2. The van der Waals surface area contributed by atoms with Crippen molar-refractivity contribution in [2.75, 3.05) is 0 Å². The molecular weight excluding hydrogens is 196 g/mol. The Morgan fingerprint density at radius 2 is 2.00 bits per heavy atom. The van der Waals surface area contributed by atoms with Crippen LogP contribution in [0.4, 0.5) is 0 Å². The van der Waals surface area contributed by atoms with Crippen LogP contribution in [0.15, 0.2) is 30.3 Å². The van der Waals surface area contributed by atoms with Gasteiger partial charge in [0.2, 0.25) is 0 Å². The highest BCUT2D eigenvalue weighted by Crippen LogP contribution is 2.20. The van der Waals surface area contributed by atoms with Crippen molar-refractivity contribution in [1.82, 2.24) is 10.2 Å². The summed E-state index contributed by atoms with van der Waals surface area (Å²) in [6.07, 6.45) is 1.06. The van der Waals surface area contributed by atoms with Gasteiger partial charge in [-0.15, -0.1) is 0 Å². The van der Waals surface area contributed by atoms with Crippen LogP contribution in [0.5, 0.6) is 0 Å². The van der Waals surface area contributed by atoms with E-state index in [1.807, 2.05) is 6.07 Å². The van der Waals surface area contributed by atoms with E-state index in [0.29, 0.717) is 5.15 Å². The van der Waals surface area contributed by atoms with Crippen molar-refractivity contribution in [1.29, 1.82) is 0 Å². The van der Waals surface area contributed by atoms with Gasteiger partial charge >= 0.3 is 0 Å². The van der Waals surface area contributed by atoms with Crippen LogP contribution in [-0.4, -0.2) is 10.2 Å². The lowest BCUT2D eigenvalue weighted by atomic mass is 10.1. The highest BCUT2D eigenvalue weighted by Gasteiger charge is 2.01. The summed E-state index contributed by atoms with van der Waals surface area (Å²) in [5.41, 5.74) is 3.30. The maximum atomic E-state index is 5.75. The molecule has 0 atom stereocenters. The molecule has 14 heavy (non-hydrogen) atoms. The molecule has 0 bridgehead atoms. The van der Waals surface area contributed by atoms with Crippen molar-refractivity contribution in [3.05, 3.63) is 41.0 Å². The number of hydrogen-bond donors (Lipinski definition) is 1. The molecule has 0 fully saturated rings. The summed E-state index contributed by atoms with van der Waals surface area (Å²) in [4.78, 5) is 0. The summed E-state index contributed by atoms with van der Waals surface area (Å²) >= 11 is 5.75. The first-order chi connectivity index (χ1) is 6.79. The average molecular weight is 207 g/mol. The fraction of sp³-hybridized carbons (Fsp3) is 0.182. The highest BCUT2D eigenvalue weighted by atomic mass is 35.5. The van der Waals surface area contributed by atoms with Crippen molar-refractivity contribution >= 4 is 11.6 Å². The SMILES string of the molecule is CCc1ccc(-c2cc(Cl)[nH]n2)cc1. The van der Waals surface area contributed by atoms with Crippen LogP contribution < -0.4 is 0 Å². The molecule has 0 spiro atoms. The first kappa shape index (κ1) is 9.28. The molecule has 0 saturated heterocycles. The molecule has 0 radical (unpaired) electrons. The fourth-order valence-electron chi connectivity index (χ4n) is 1.36. The number of halogens is 1. The molecule has 1 N–H and O–H groups in total. The summed E-state index contributed by atoms with van der Waals surface area (Å²) in [7, 11) is 0. The molecule has 2 rings (SSSR count). The Bertz CT molecular complexity index is 417. The Morgan fingerprint density at radius 3 is 2.50 bits per heavy atom. The Morgan fingerprint density at radius 1 is 1.29 bits per heavy atom. The van der Waals surface area contributed by atoms with E-state index >= 15 is 0 Å². The van der Waals surface area contributed by atoms with E-state index in [-0.39, 0.29) is 0 Å². The molecule has 0 aliphatic heterocycles. The summed E-state index contributed by atoms with van der Waals surface area (Å²) in [5, 5.41) is 7.36. The zero-order valence-electron chi connectivity index (χ0n) is 7.92. The van der Waals surface area contributed by atoms with Crippen molar-refractivity contribution in [2.45, 2.75) is 13.3 Å². The molecule has 2 nitrogen and oxygen atoms in total. The molecule has 1 heterocycles. The predicted molar refractivity (Wildman–Crippen MR) is 58.4 cm³/mol. The van der Waals surface area contributed by atoms with Gasteiger partial charge in [-0.05, 0) is 12.0 Å². The second-order valence-electron chi connectivity index (χ2n) is 3.15. The van der Waals surface area contributed by atoms with E-state index < -0.39 is 0 Å². The first-order valence-electron chi connectivity index (χ1n) is 4.60. The molecule has 0 aliphatic carbocycles. The number of hydrogen-bond acceptors (Lipinski definition) is 1. The van der Waals surface area contributed by atoms with Crippen LogP contribution >= 0.6 is 11.6 Å². The van der Waals surface area contributed by atoms with Gasteiger partial charge in [0.1, 0.15) is 5.15 Å². The van der Waals surface area contributed by atoms with Gasteiger partial charge in [-0.2, -0.15) is 5.10 Å². The third-order valence-corrected chi connectivity index (χ3v) is 2.40. The maximum absolute atomic E-state index is 5.75. The van der Waals surface area contributed by atoms with E-state index in [1.54, 1.807) is 0 Å². The second kappa shape index (κ2) is 3.84. The van der Waals surface area contributed by atoms with Crippen molar-refractivity contribution < 1.29 is 0 Å².